The van der Waals surface area contributed by atoms with E-state index < -0.39 is 0 Å². The molecule has 0 unspecified atom stereocenters. The van der Waals surface area contributed by atoms with Gasteiger partial charge in [0.15, 0.2) is 0 Å². The average Bonchev–Trinajstić information content (AvgIpc) is 2.80. The van der Waals surface area contributed by atoms with Gasteiger partial charge in [0, 0.05) is 31.5 Å². The van der Waals surface area contributed by atoms with Crippen LogP contribution in [0.2, 0.25) is 0 Å². The molecule has 21 heavy (non-hydrogen) atoms. The van der Waals surface area contributed by atoms with Crippen LogP contribution in [-0.2, 0) is 16.1 Å². The van der Waals surface area contributed by atoms with E-state index in [1.54, 1.807) is 24.3 Å². The molecule has 1 aliphatic heterocycles. The molecule has 1 fully saturated rings. The number of imide groups is 1. The van der Waals surface area contributed by atoms with Gasteiger partial charge in [-0.3, -0.25) is 19.3 Å². The number of benzene rings is 1. The Hall–Kier alpha value is -2.21. The topological polar surface area (TPSA) is 78.5 Å². The van der Waals surface area contributed by atoms with Gasteiger partial charge >= 0.3 is 0 Å². The Morgan fingerprint density at radius 2 is 1.71 bits per heavy atom. The molecule has 0 aromatic heterocycles. The van der Waals surface area contributed by atoms with E-state index in [9.17, 15) is 14.4 Å². The minimum Gasteiger partial charge on any atom is -0.351 e. The molecule has 0 spiro atoms. The third-order valence-corrected chi connectivity index (χ3v) is 3.37. The number of nitrogens with one attached hydrogen (secondary N) is 2. The molecule has 6 heteroatoms. The first-order chi connectivity index (χ1) is 10.1. The number of carbonyl (C=O) groups excluding carboxylic acids is 3. The second kappa shape index (κ2) is 6.99. The number of rotatable bonds is 6. The Bertz CT molecular complexity index is 524. The minimum atomic E-state index is -0.134. The predicted molar refractivity (Wildman–Crippen MR) is 77.5 cm³/mol. The number of likely N-dealkylation sites (N-methyl/N-ethyl adjacent to an activating group) is 1. The summed E-state index contributed by atoms with van der Waals surface area (Å²) >= 11 is 0. The summed E-state index contributed by atoms with van der Waals surface area (Å²) in [7, 11) is 1.82. The van der Waals surface area contributed by atoms with Crippen LogP contribution in [0.5, 0.6) is 0 Å². The number of carbonyl (C=O) groups is 3. The normalized spacial score (nSPS) is 14.6. The van der Waals surface area contributed by atoms with Crippen molar-refractivity contribution in [3.8, 4) is 0 Å². The van der Waals surface area contributed by atoms with Gasteiger partial charge in [-0.05, 0) is 24.7 Å². The summed E-state index contributed by atoms with van der Waals surface area (Å²) in [5.41, 5.74) is 1.40. The van der Waals surface area contributed by atoms with E-state index in [4.69, 9.17) is 0 Å². The van der Waals surface area contributed by atoms with E-state index in [1.165, 1.54) is 4.90 Å². The van der Waals surface area contributed by atoms with E-state index in [2.05, 4.69) is 10.6 Å². The van der Waals surface area contributed by atoms with E-state index in [1.807, 2.05) is 7.05 Å². The molecule has 6 nitrogen and oxygen atoms in total. The average molecular weight is 289 g/mol. The molecule has 0 aliphatic carbocycles. The van der Waals surface area contributed by atoms with E-state index >= 15 is 0 Å². The molecule has 0 bridgehead atoms. The third-order valence-electron chi connectivity index (χ3n) is 3.37. The van der Waals surface area contributed by atoms with Crippen molar-refractivity contribution in [2.24, 2.45) is 0 Å². The van der Waals surface area contributed by atoms with Crippen LogP contribution in [0.3, 0.4) is 0 Å². The molecule has 2 N–H and O–H groups in total. The zero-order valence-corrected chi connectivity index (χ0v) is 12.0. The van der Waals surface area contributed by atoms with Crippen LogP contribution < -0.4 is 10.6 Å². The summed E-state index contributed by atoms with van der Waals surface area (Å²) < 4.78 is 0. The maximum atomic E-state index is 11.8. The highest BCUT2D eigenvalue weighted by Crippen LogP contribution is 2.16. The minimum absolute atomic E-state index is 0.131. The Labute approximate surface area is 123 Å². The third kappa shape index (κ3) is 3.88. The first-order valence-electron chi connectivity index (χ1n) is 6.96. The van der Waals surface area contributed by atoms with Crippen molar-refractivity contribution in [2.45, 2.75) is 19.4 Å². The first-order valence-corrected chi connectivity index (χ1v) is 6.96. The van der Waals surface area contributed by atoms with Crippen LogP contribution in [0.1, 0.15) is 28.8 Å². The van der Waals surface area contributed by atoms with E-state index in [0.717, 1.165) is 5.56 Å². The Morgan fingerprint density at radius 3 is 2.29 bits per heavy atom. The summed E-state index contributed by atoms with van der Waals surface area (Å²) in [5, 5.41) is 5.73. The molecule has 3 amide bonds. The smallest absolute Gasteiger partial charge is 0.251 e. The molecule has 1 heterocycles. The maximum Gasteiger partial charge on any atom is 0.251 e. The lowest BCUT2D eigenvalue weighted by molar-refractivity contribution is -0.139. The molecule has 112 valence electrons. The van der Waals surface area contributed by atoms with Crippen molar-refractivity contribution in [3.63, 3.8) is 0 Å². The Morgan fingerprint density at radius 1 is 1.10 bits per heavy atom. The molecule has 1 aromatic carbocycles. The van der Waals surface area contributed by atoms with Gasteiger partial charge in [-0.2, -0.15) is 0 Å². The lowest BCUT2D eigenvalue weighted by Gasteiger charge is -2.14. The van der Waals surface area contributed by atoms with Crippen molar-refractivity contribution in [1.82, 2.24) is 15.5 Å². The maximum absolute atomic E-state index is 11.8. The van der Waals surface area contributed by atoms with Crippen molar-refractivity contribution in [1.29, 1.82) is 0 Å². The van der Waals surface area contributed by atoms with Crippen LogP contribution >= 0.6 is 0 Å². The van der Waals surface area contributed by atoms with Crippen LogP contribution in [-0.4, -0.2) is 42.8 Å². The molecule has 0 radical (unpaired) electrons. The highest BCUT2D eigenvalue weighted by atomic mass is 16.2. The highest BCUT2D eigenvalue weighted by Gasteiger charge is 2.28. The van der Waals surface area contributed by atoms with Crippen molar-refractivity contribution >= 4 is 17.7 Å². The van der Waals surface area contributed by atoms with Crippen molar-refractivity contribution < 1.29 is 14.4 Å². The zero-order chi connectivity index (χ0) is 15.2. The van der Waals surface area contributed by atoms with Crippen LogP contribution in [0, 0.1) is 0 Å². The fourth-order valence-corrected chi connectivity index (χ4v) is 2.15. The monoisotopic (exact) mass is 289 g/mol. The number of nitrogens with zero attached hydrogens (tertiary/aromatic N) is 1. The number of hydrogen-bond donors (Lipinski definition) is 2. The number of likely N-dealkylation sites (tertiary alicyclic amines) is 1. The first kappa shape index (κ1) is 15.2. The summed E-state index contributed by atoms with van der Waals surface area (Å²) in [6, 6.07) is 6.95. The van der Waals surface area contributed by atoms with Gasteiger partial charge in [-0.1, -0.05) is 12.1 Å². The summed E-state index contributed by atoms with van der Waals surface area (Å²) in [4.78, 5) is 36.2. The van der Waals surface area contributed by atoms with Gasteiger partial charge < -0.3 is 10.6 Å². The van der Waals surface area contributed by atoms with Gasteiger partial charge in [0.25, 0.3) is 5.91 Å². The number of amides is 3. The molecule has 0 atom stereocenters. The van der Waals surface area contributed by atoms with E-state index in [0.29, 0.717) is 31.5 Å². The van der Waals surface area contributed by atoms with E-state index in [-0.39, 0.29) is 24.3 Å². The fourth-order valence-electron chi connectivity index (χ4n) is 2.15. The lowest BCUT2D eigenvalue weighted by Crippen LogP contribution is -2.30. The van der Waals surface area contributed by atoms with Gasteiger partial charge in [0.1, 0.15) is 0 Å². The van der Waals surface area contributed by atoms with Gasteiger partial charge in [-0.25, -0.2) is 0 Å². The van der Waals surface area contributed by atoms with Crippen LogP contribution in [0.25, 0.3) is 0 Å². The van der Waals surface area contributed by atoms with Gasteiger partial charge in [-0.15, -0.1) is 0 Å². The van der Waals surface area contributed by atoms with Crippen LogP contribution in [0.4, 0.5) is 0 Å². The summed E-state index contributed by atoms with van der Waals surface area (Å²) in [6.45, 7) is 1.55. The largest absolute Gasteiger partial charge is 0.351 e. The van der Waals surface area contributed by atoms with Gasteiger partial charge in [0.05, 0.1) is 6.54 Å². The Kier molecular flexibility index (Phi) is 5.05. The summed E-state index contributed by atoms with van der Waals surface area (Å²) in [6.07, 6.45) is 0.593. The molecule has 1 aliphatic rings. The van der Waals surface area contributed by atoms with Crippen molar-refractivity contribution in [2.75, 3.05) is 20.1 Å². The molecular formula is C15H19N3O3. The van der Waals surface area contributed by atoms with Crippen LogP contribution in [0.15, 0.2) is 24.3 Å². The second-order valence-corrected chi connectivity index (χ2v) is 4.93. The second-order valence-electron chi connectivity index (χ2n) is 4.93. The number of hydrogen-bond acceptors (Lipinski definition) is 4. The van der Waals surface area contributed by atoms with Crippen molar-refractivity contribution in [3.05, 3.63) is 35.4 Å². The predicted octanol–water partition coefficient (Wildman–Crippen LogP) is 0.285. The fraction of sp³-hybridized carbons (Fsp3) is 0.400. The zero-order valence-electron chi connectivity index (χ0n) is 12.0. The summed E-state index contributed by atoms with van der Waals surface area (Å²) in [5.74, 6) is -0.395. The standard InChI is InChI=1S/C15H19N3O3/c1-16-8-9-17-15(21)12-4-2-11(3-5-12)10-18-13(19)6-7-14(18)20/h2-5,16H,6-10H2,1H3,(H,17,21). The molecule has 1 saturated heterocycles. The highest BCUT2D eigenvalue weighted by molar-refractivity contribution is 6.01. The SMILES string of the molecule is CNCCNC(=O)c1ccc(CN2C(=O)CCC2=O)cc1. The molecular weight excluding hydrogens is 270 g/mol. The molecule has 0 saturated carbocycles. The Balaban J connectivity index is 1.94. The lowest BCUT2D eigenvalue weighted by atomic mass is 10.1. The quantitative estimate of drug-likeness (QED) is 0.582. The molecule has 2 rings (SSSR count). The van der Waals surface area contributed by atoms with Gasteiger partial charge in [0.2, 0.25) is 11.8 Å². The molecule has 1 aromatic rings.